The van der Waals surface area contributed by atoms with Gasteiger partial charge in [0.15, 0.2) is 0 Å². The first-order valence-electron chi connectivity index (χ1n) is 5.56. The van der Waals surface area contributed by atoms with Gasteiger partial charge in [-0.1, -0.05) is 0 Å². The molecule has 0 aromatic carbocycles. The molecule has 0 aliphatic carbocycles. The van der Waals surface area contributed by atoms with Crippen LogP contribution in [0.4, 0.5) is 0 Å². The van der Waals surface area contributed by atoms with Crippen molar-refractivity contribution < 1.29 is 9.53 Å². The highest BCUT2D eigenvalue weighted by Crippen LogP contribution is 2.16. The van der Waals surface area contributed by atoms with E-state index in [9.17, 15) is 4.79 Å². The molecule has 0 bridgehead atoms. The van der Waals surface area contributed by atoms with Crippen LogP contribution in [0.25, 0.3) is 10.9 Å². The van der Waals surface area contributed by atoms with E-state index < -0.39 is 0 Å². The molecule has 0 amide bonds. The highest BCUT2D eigenvalue weighted by atomic mass is 16.5. The lowest BCUT2D eigenvalue weighted by Crippen LogP contribution is -2.09. The van der Waals surface area contributed by atoms with Crippen molar-refractivity contribution in [1.82, 2.24) is 9.97 Å². The van der Waals surface area contributed by atoms with Gasteiger partial charge < -0.3 is 4.74 Å². The molecule has 2 aromatic rings. The molecule has 0 fully saturated rings. The summed E-state index contributed by atoms with van der Waals surface area (Å²) in [5.41, 5.74) is 2.64. The van der Waals surface area contributed by atoms with Gasteiger partial charge in [-0.05, 0) is 31.5 Å². The van der Waals surface area contributed by atoms with Crippen molar-refractivity contribution in [3.8, 4) is 0 Å². The van der Waals surface area contributed by atoms with Crippen LogP contribution in [0, 0.1) is 6.92 Å². The highest BCUT2D eigenvalue weighted by molar-refractivity contribution is 5.80. The predicted molar refractivity (Wildman–Crippen MR) is 64.6 cm³/mol. The smallest absolute Gasteiger partial charge is 0.310 e. The zero-order valence-corrected chi connectivity index (χ0v) is 9.93. The van der Waals surface area contributed by atoms with Gasteiger partial charge in [-0.15, -0.1) is 0 Å². The molecule has 0 aliphatic heterocycles. The maximum atomic E-state index is 11.4. The third-order valence-corrected chi connectivity index (χ3v) is 2.55. The minimum atomic E-state index is -0.222. The van der Waals surface area contributed by atoms with Crippen LogP contribution < -0.4 is 0 Å². The van der Waals surface area contributed by atoms with Gasteiger partial charge in [-0.2, -0.15) is 0 Å². The first-order chi connectivity index (χ1) is 8.20. The largest absolute Gasteiger partial charge is 0.466 e. The lowest BCUT2D eigenvalue weighted by molar-refractivity contribution is -0.142. The Morgan fingerprint density at radius 1 is 1.47 bits per heavy atom. The van der Waals surface area contributed by atoms with Crippen LogP contribution in [0.5, 0.6) is 0 Å². The van der Waals surface area contributed by atoms with Gasteiger partial charge in [0.05, 0.1) is 18.5 Å². The van der Waals surface area contributed by atoms with Crippen molar-refractivity contribution in [2.45, 2.75) is 20.3 Å². The van der Waals surface area contributed by atoms with Gasteiger partial charge in [-0.25, -0.2) is 0 Å². The number of aryl methyl sites for hydroxylation is 1. The van der Waals surface area contributed by atoms with E-state index in [1.54, 1.807) is 19.3 Å². The standard InChI is InChI=1S/C13H14N2O2/c1-3-17-13(16)7-10-6-11-8-14-5-4-12(11)15-9(10)2/h4-6,8H,3,7H2,1-2H3. The first-order valence-corrected chi connectivity index (χ1v) is 5.56. The van der Waals surface area contributed by atoms with Gasteiger partial charge in [0.2, 0.25) is 0 Å². The second-order valence-electron chi connectivity index (χ2n) is 3.78. The van der Waals surface area contributed by atoms with Gasteiger partial charge in [0.1, 0.15) is 0 Å². The molecule has 17 heavy (non-hydrogen) atoms. The number of rotatable bonds is 3. The van der Waals surface area contributed by atoms with Crippen molar-refractivity contribution in [3.63, 3.8) is 0 Å². The summed E-state index contributed by atoms with van der Waals surface area (Å²) in [4.78, 5) is 19.9. The molecule has 0 N–H and O–H groups in total. The summed E-state index contributed by atoms with van der Waals surface area (Å²) in [6.07, 6.45) is 3.72. The van der Waals surface area contributed by atoms with Crippen LogP contribution in [-0.2, 0) is 16.0 Å². The Balaban J connectivity index is 2.34. The fourth-order valence-electron chi connectivity index (χ4n) is 1.70. The third-order valence-electron chi connectivity index (χ3n) is 2.55. The Morgan fingerprint density at radius 3 is 3.06 bits per heavy atom. The molecule has 4 heteroatoms. The van der Waals surface area contributed by atoms with Crippen LogP contribution >= 0.6 is 0 Å². The molecule has 0 saturated heterocycles. The zero-order valence-electron chi connectivity index (χ0n) is 9.93. The molecule has 2 rings (SSSR count). The number of nitrogens with zero attached hydrogens (tertiary/aromatic N) is 2. The summed E-state index contributed by atoms with van der Waals surface area (Å²) in [6.45, 7) is 4.10. The summed E-state index contributed by atoms with van der Waals surface area (Å²) in [7, 11) is 0. The summed E-state index contributed by atoms with van der Waals surface area (Å²) in [6, 6.07) is 3.80. The summed E-state index contributed by atoms with van der Waals surface area (Å²) >= 11 is 0. The number of hydrogen-bond donors (Lipinski definition) is 0. The molecule has 4 nitrogen and oxygen atoms in total. The molecule has 88 valence electrons. The number of hydrogen-bond acceptors (Lipinski definition) is 4. The quantitative estimate of drug-likeness (QED) is 0.757. The van der Waals surface area contributed by atoms with E-state index in [1.807, 2.05) is 19.1 Å². The number of pyridine rings is 2. The van der Waals surface area contributed by atoms with Crippen LogP contribution in [0.1, 0.15) is 18.2 Å². The molecule has 2 aromatic heterocycles. The lowest BCUT2D eigenvalue weighted by atomic mass is 10.1. The van der Waals surface area contributed by atoms with E-state index in [0.717, 1.165) is 22.2 Å². The fourth-order valence-corrected chi connectivity index (χ4v) is 1.70. The average Bonchev–Trinajstić information content (AvgIpc) is 2.30. The average molecular weight is 230 g/mol. The number of ether oxygens (including phenoxy) is 1. The molecule has 0 spiro atoms. The fraction of sp³-hybridized carbons (Fsp3) is 0.308. The lowest BCUT2D eigenvalue weighted by Gasteiger charge is -2.06. The molecule has 0 saturated carbocycles. The highest BCUT2D eigenvalue weighted by Gasteiger charge is 2.09. The number of aromatic nitrogens is 2. The Bertz CT molecular complexity index is 552. The second kappa shape index (κ2) is 4.91. The van der Waals surface area contributed by atoms with Crippen LogP contribution in [-0.4, -0.2) is 22.5 Å². The number of fused-ring (bicyclic) bond motifs is 1. The van der Waals surface area contributed by atoms with Gasteiger partial charge >= 0.3 is 5.97 Å². The predicted octanol–water partition coefficient (Wildman–Crippen LogP) is 2.04. The minimum absolute atomic E-state index is 0.222. The zero-order chi connectivity index (χ0) is 12.3. The molecule has 0 radical (unpaired) electrons. The van der Waals surface area contributed by atoms with Crippen molar-refractivity contribution in [1.29, 1.82) is 0 Å². The van der Waals surface area contributed by atoms with E-state index in [-0.39, 0.29) is 12.4 Å². The van der Waals surface area contributed by atoms with Gasteiger partial charge in [0, 0.05) is 23.5 Å². The van der Waals surface area contributed by atoms with E-state index in [1.165, 1.54) is 0 Å². The molecule has 0 atom stereocenters. The minimum Gasteiger partial charge on any atom is -0.466 e. The van der Waals surface area contributed by atoms with E-state index in [0.29, 0.717) is 6.61 Å². The van der Waals surface area contributed by atoms with Crippen molar-refractivity contribution in [2.24, 2.45) is 0 Å². The van der Waals surface area contributed by atoms with Crippen molar-refractivity contribution >= 4 is 16.9 Å². The SMILES string of the molecule is CCOC(=O)Cc1cc2cnccc2nc1C. The number of carbonyl (C=O) groups excluding carboxylic acids is 1. The third kappa shape index (κ3) is 2.58. The number of carbonyl (C=O) groups is 1. The maximum absolute atomic E-state index is 11.4. The second-order valence-corrected chi connectivity index (χ2v) is 3.78. The van der Waals surface area contributed by atoms with E-state index >= 15 is 0 Å². The Kier molecular flexibility index (Phi) is 3.32. The van der Waals surface area contributed by atoms with Crippen molar-refractivity contribution in [2.75, 3.05) is 6.61 Å². The van der Waals surface area contributed by atoms with Crippen LogP contribution in [0.15, 0.2) is 24.5 Å². The van der Waals surface area contributed by atoms with Crippen LogP contribution in [0.2, 0.25) is 0 Å². The van der Waals surface area contributed by atoms with E-state index in [4.69, 9.17) is 4.74 Å². The molecule has 2 heterocycles. The van der Waals surface area contributed by atoms with Crippen molar-refractivity contribution in [3.05, 3.63) is 35.8 Å². The van der Waals surface area contributed by atoms with Gasteiger partial charge in [-0.3, -0.25) is 14.8 Å². The summed E-state index contributed by atoms with van der Waals surface area (Å²) in [5.74, 6) is -0.222. The van der Waals surface area contributed by atoms with Gasteiger partial charge in [0.25, 0.3) is 0 Å². The first kappa shape index (κ1) is 11.5. The molecular weight excluding hydrogens is 216 g/mol. The normalized spacial score (nSPS) is 10.5. The summed E-state index contributed by atoms with van der Waals surface area (Å²) < 4.78 is 4.93. The Labute approximate surface area is 99.7 Å². The monoisotopic (exact) mass is 230 g/mol. The summed E-state index contributed by atoms with van der Waals surface area (Å²) in [5, 5.41) is 0.942. The van der Waals surface area contributed by atoms with Crippen LogP contribution in [0.3, 0.4) is 0 Å². The topological polar surface area (TPSA) is 52.1 Å². The number of esters is 1. The molecule has 0 aliphatic rings. The van der Waals surface area contributed by atoms with E-state index in [2.05, 4.69) is 9.97 Å². The maximum Gasteiger partial charge on any atom is 0.310 e. The molecule has 0 unspecified atom stereocenters. The molecular formula is C13H14N2O2. The Morgan fingerprint density at radius 2 is 2.29 bits per heavy atom. The Hall–Kier alpha value is -1.97.